The van der Waals surface area contributed by atoms with E-state index >= 15 is 0 Å². The average Bonchev–Trinajstić information content (AvgIpc) is 2.59. The number of amides is 1. The molecule has 0 radical (unpaired) electrons. The van der Waals surface area contributed by atoms with Crippen LogP contribution in [0.25, 0.3) is 0 Å². The van der Waals surface area contributed by atoms with Crippen LogP contribution < -0.4 is 14.8 Å². The van der Waals surface area contributed by atoms with E-state index in [0.717, 1.165) is 26.2 Å². The number of hydrogen-bond acceptors (Lipinski definition) is 5. The molecule has 0 spiro atoms. The van der Waals surface area contributed by atoms with Crippen LogP contribution >= 0.6 is 0 Å². The number of nitrogens with one attached hydrogen (secondary N) is 1. The number of carbonyl (C=O) groups excluding carboxylic acids is 1. The topological polar surface area (TPSA) is 54.0 Å². The van der Waals surface area contributed by atoms with E-state index in [9.17, 15) is 4.79 Å². The Balaban J connectivity index is 2.04. The first kappa shape index (κ1) is 20.5. The van der Waals surface area contributed by atoms with Gasteiger partial charge >= 0.3 is 0 Å². The fourth-order valence-electron chi connectivity index (χ4n) is 3.08. The first-order chi connectivity index (χ1) is 12.2. The molecule has 1 amide bonds. The van der Waals surface area contributed by atoms with Gasteiger partial charge in [0.25, 0.3) is 5.91 Å². The van der Waals surface area contributed by atoms with E-state index in [1.54, 1.807) is 25.3 Å². The minimum absolute atomic E-state index is 0.0181. The summed E-state index contributed by atoms with van der Waals surface area (Å²) >= 11 is 0. The number of methoxy groups -OCH3 is 1. The number of hydrogen-bond donors (Lipinski definition) is 1. The van der Waals surface area contributed by atoms with E-state index in [2.05, 4.69) is 36.0 Å². The fourth-order valence-corrected chi connectivity index (χ4v) is 3.08. The van der Waals surface area contributed by atoms with Crippen molar-refractivity contribution in [3.63, 3.8) is 0 Å². The minimum atomic E-state index is -0.120. The zero-order valence-electron chi connectivity index (χ0n) is 17.0. The number of ether oxygens (including phenoxy) is 2. The number of rotatable bonds is 7. The molecule has 1 aliphatic heterocycles. The van der Waals surface area contributed by atoms with Gasteiger partial charge in [-0.1, -0.05) is 0 Å². The number of nitrogens with zero attached hydrogens (tertiary/aromatic N) is 2. The van der Waals surface area contributed by atoms with Gasteiger partial charge in [-0.05, 0) is 46.9 Å². The molecule has 0 atom stereocenters. The first-order valence-corrected chi connectivity index (χ1v) is 9.29. The smallest absolute Gasteiger partial charge is 0.255 e. The zero-order chi connectivity index (χ0) is 19.3. The van der Waals surface area contributed by atoms with Gasteiger partial charge in [-0.2, -0.15) is 0 Å². The monoisotopic (exact) mass is 363 g/mol. The quantitative estimate of drug-likeness (QED) is 0.805. The highest BCUT2D eigenvalue weighted by Gasteiger charge is 2.30. The molecule has 0 unspecified atom stereocenters. The summed E-state index contributed by atoms with van der Waals surface area (Å²) in [5.74, 6) is 1.11. The summed E-state index contributed by atoms with van der Waals surface area (Å²) in [7, 11) is 3.75. The summed E-state index contributed by atoms with van der Waals surface area (Å²) in [6, 6.07) is 5.31. The molecular weight excluding hydrogens is 330 g/mol. The van der Waals surface area contributed by atoms with Crippen LogP contribution in [0.15, 0.2) is 18.2 Å². The van der Waals surface area contributed by atoms with Crippen LogP contribution in [0.4, 0.5) is 0 Å². The summed E-state index contributed by atoms with van der Waals surface area (Å²) in [6.45, 7) is 13.0. The maximum absolute atomic E-state index is 12.8. The summed E-state index contributed by atoms with van der Waals surface area (Å²) in [4.78, 5) is 17.5. The Hall–Kier alpha value is -1.79. The lowest BCUT2D eigenvalue weighted by Gasteiger charge is -2.43. The van der Waals surface area contributed by atoms with Crippen molar-refractivity contribution in [3.8, 4) is 11.5 Å². The van der Waals surface area contributed by atoms with Gasteiger partial charge in [0.2, 0.25) is 0 Å². The van der Waals surface area contributed by atoms with Crippen molar-refractivity contribution in [1.82, 2.24) is 15.1 Å². The highest BCUT2D eigenvalue weighted by atomic mass is 16.5. The second-order valence-electron chi connectivity index (χ2n) is 7.81. The van der Waals surface area contributed by atoms with Crippen molar-refractivity contribution in [3.05, 3.63) is 23.8 Å². The number of carbonyl (C=O) groups is 1. The van der Waals surface area contributed by atoms with Gasteiger partial charge in [-0.3, -0.25) is 9.69 Å². The number of likely N-dealkylation sites (N-methyl/N-ethyl adjacent to an activating group) is 1. The van der Waals surface area contributed by atoms with Gasteiger partial charge in [-0.25, -0.2) is 0 Å². The van der Waals surface area contributed by atoms with Crippen molar-refractivity contribution in [2.45, 2.75) is 39.3 Å². The molecule has 1 aliphatic rings. The molecule has 1 saturated heterocycles. The average molecular weight is 364 g/mol. The SMILES string of the molecule is COc1ccc(C(=O)NCC(C)(C)N2CCN(C)CC2)c(OC(C)C)c1. The third kappa shape index (κ3) is 5.35. The summed E-state index contributed by atoms with van der Waals surface area (Å²) < 4.78 is 11.1. The largest absolute Gasteiger partial charge is 0.497 e. The lowest BCUT2D eigenvalue weighted by atomic mass is 10.0. The second-order valence-corrected chi connectivity index (χ2v) is 7.81. The lowest BCUT2D eigenvalue weighted by molar-refractivity contribution is 0.0587. The van der Waals surface area contributed by atoms with Crippen LogP contribution in [0.3, 0.4) is 0 Å². The molecule has 0 aliphatic carbocycles. The molecule has 0 aromatic heterocycles. The Bertz CT molecular complexity index is 608. The summed E-state index contributed by atoms with van der Waals surface area (Å²) in [6.07, 6.45) is -0.0181. The molecule has 0 bridgehead atoms. The van der Waals surface area contributed by atoms with Crippen molar-refractivity contribution in [2.75, 3.05) is 46.9 Å². The molecule has 26 heavy (non-hydrogen) atoms. The van der Waals surface area contributed by atoms with Gasteiger partial charge in [0, 0.05) is 44.3 Å². The molecule has 146 valence electrons. The van der Waals surface area contributed by atoms with Crippen LogP contribution in [0.5, 0.6) is 11.5 Å². The molecule has 1 aromatic carbocycles. The molecule has 1 N–H and O–H groups in total. The molecule has 1 aromatic rings. The molecule has 1 heterocycles. The predicted octanol–water partition coefficient (Wildman–Crippen LogP) is 2.24. The Morgan fingerprint density at radius 2 is 1.88 bits per heavy atom. The first-order valence-electron chi connectivity index (χ1n) is 9.29. The number of piperazine rings is 1. The Kier molecular flexibility index (Phi) is 6.89. The van der Waals surface area contributed by atoms with E-state index in [0.29, 0.717) is 23.6 Å². The van der Waals surface area contributed by atoms with Crippen LogP contribution in [0.2, 0.25) is 0 Å². The second kappa shape index (κ2) is 8.73. The molecule has 6 heteroatoms. The van der Waals surface area contributed by atoms with Gasteiger partial charge in [0.05, 0.1) is 18.8 Å². The Labute approximate surface area is 157 Å². The van der Waals surface area contributed by atoms with Gasteiger partial charge < -0.3 is 19.7 Å². The van der Waals surface area contributed by atoms with E-state index in [1.165, 1.54) is 0 Å². The van der Waals surface area contributed by atoms with Crippen LogP contribution in [-0.4, -0.2) is 74.2 Å². The fraction of sp³-hybridized carbons (Fsp3) is 0.650. The van der Waals surface area contributed by atoms with Gasteiger partial charge in [0.1, 0.15) is 11.5 Å². The van der Waals surface area contributed by atoms with E-state index in [1.807, 2.05) is 13.8 Å². The third-order valence-electron chi connectivity index (χ3n) is 4.84. The van der Waals surface area contributed by atoms with E-state index < -0.39 is 0 Å². The standard InChI is InChI=1S/C20H33N3O3/c1-15(2)26-18-13-16(25-6)7-8-17(18)19(24)21-14-20(3,4)23-11-9-22(5)10-12-23/h7-8,13,15H,9-12,14H2,1-6H3,(H,21,24). The zero-order valence-corrected chi connectivity index (χ0v) is 17.0. The Morgan fingerprint density at radius 1 is 1.23 bits per heavy atom. The molecule has 1 fully saturated rings. The van der Waals surface area contributed by atoms with Gasteiger partial charge in [0.15, 0.2) is 0 Å². The van der Waals surface area contributed by atoms with Gasteiger partial charge in [-0.15, -0.1) is 0 Å². The van der Waals surface area contributed by atoms with Crippen molar-refractivity contribution >= 4 is 5.91 Å². The van der Waals surface area contributed by atoms with E-state index in [4.69, 9.17) is 9.47 Å². The van der Waals surface area contributed by atoms with Crippen LogP contribution in [-0.2, 0) is 0 Å². The predicted molar refractivity (Wildman–Crippen MR) is 104 cm³/mol. The maximum atomic E-state index is 12.8. The van der Waals surface area contributed by atoms with Crippen LogP contribution in [0, 0.1) is 0 Å². The molecule has 2 rings (SSSR count). The number of benzene rings is 1. The summed E-state index contributed by atoms with van der Waals surface area (Å²) in [5, 5.41) is 3.08. The lowest BCUT2D eigenvalue weighted by Crippen LogP contribution is -2.57. The molecule has 0 saturated carbocycles. The summed E-state index contributed by atoms with van der Waals surface area (Å²) in [5.41, 5.74) is 0.441. The minimum Gasteiger partial charge on any atom is -0.497 e. The maximum Gasteiger partial charge on any atom is 0.255 e. The molecule has 6 nitrogen and oxygen atoms in total. The highest BCUT2D eigenvalue weighted by molar-refractivity contribution is 5.97. The molecular formula is C20H33N3O3. The van der Waals surface area contributed by atoms with Crippen LogP contribution in [0.1, 0.15) is 38.1 Å². The highest BCUT2D eigenvalue weighted by Crippen LogP contribution is 2.26. The Morgan fingerprint density at radius 3 is 2.46 bits per heavy atom. The van der Waals surface area contributed by atoms with Crippen molar-refractivity contribution in [2.24, 2.45) is 0 Å². The normalized spacial score (nSPS) is 16.6. The van der Waals surface area contributed by atoms with Crippen molar-refractivity contribution in [1.29, 1.82) is 0 Å². The third-order valence-corrected chi connectivity index (χ3v) is 4.84. The van der Waals surface area contributed by atoms with Crippen molar-refractivity contribution < 1.29 is 14.3 Å². The van der Waals surface area contributed by atoms with E-state index in [-0.39, 0.29) is 17.6 Å².